The molecule has 0 saturated heterocycles. The SMILES string of the molecule is Cc1ccc(O[C@H](C)C(=O)N(Cc2nnc(-c3ccc(Cl)cc3)o2)C2CC2)cc1. The lowest BCUT2D eigenvalue weighted by Gasteiger charge is -2.24. The minimum Gasteiger partial charge on any atom is -0.481 e. The molecular weight excluding hydrogens is 390 g/mol. The molecule has 0 spiro atoms. The van der Waals surface area contributed by atoms with Gasteiger partial charge in [0.1, 0.15) is 5.75 Å². The molecular formula is C22H22ClN3O3. The summed E-state index contributed by atoms with van der Waals surface area (Å²) in [5.74, 6) is 1.40. The maximum absolute atomic E-state index is 13.0. The zero-order chi connectivity index (χ0) is 20.4. The summed E-state index contributed by atoms with van der Waals surface area (Å²) >= 11 is 5.92. The van der Waals surface area contributed by atoms with Gasteiger partial charge in [-0.05, 0) is 63.1 Å². The van der Waals surface area contributed by atoms with Gasteiger partial charge in [0.05, 0.1) is 6.54 Å². The fourth-order valence-corrected chi connectivity index (χ4v) is 3.18. The summed E-state index contributed by atoms with van der Waals surface area (Å²) in [6.07, 6.45) is 1.35. The summed E-state index contributed by atoms with van der Waals surface area (Å²) in [4.78, 5) is 14.8. The molecule has 0 unspecified atom stereocenters. The summed E-state index contributed by atoms with van der Waals surface area (Å²) in [7, 11) is 0. The summed E-state index contributed by atoms with van der Waals surface area (Å²) < 4.78 is 11.6. The molecule has 7 heteroatoms. The second kappa shape index (κ2) is 8.25. The Morgan fingerprint density at radius 3 is 2.52 bits per heavy atom. The van der Waals surface area contributed by atoms with Gasteiger partial charge in [-0.25, -0.2) is 0 Å². The first-order chi connectivity index (χ1) is 14.0. The van der Waals surface area contributed by atoms with Gasteiger partial charge in [-0.2, -0.15) is 0 Å². The van der Waals surface area contributed by atoms with E-state index in [1.807, 2.05) is 43.3 Å². The van der Waals surface area contributed by atoms with E-state index in [1.54, 1.807) is 24.0 Å². The molecule has 6 nitrogen and oxygen atoms in total. The van der Waals surface area contributed by atoms with Gasteiger partial charge < -0.3 is 14.1 Å². The van der Waals surface area contributed by atoms with E-state index < -0.39 is 6.10 Å². The monoisotopic (exact) mass is 411 g/mol. The summed E-state index contributed by atoms with van der Waals surface area (Å²) in [6, 6.07) is 15.0. The van der Waals surface area contributed by atoms with Crippen LogP contribution in [0.5, 0.6) is 5.75 Å². The Hall–Kier alpha value is -2.86. The van der Waals surface area contributed by atoms with Crippen LogP contribution >= 0.6 is 11.6 Å². The van der Waals surface area contributed by atoms with Crippen LogP contribution in [0.4, 0.5) is 0 Å². The quantitative estimate of drug-likeness (QED) is 0.565. The molecule has 29 heavy (non-hydrogen) atoms. The van der Waals surface area contributed by atoms with Crippen LogP contribution in [-0.2, 0) is 11.3 Å². The van der Waals surface area contributed by atoms with Crippen LogP contribution < -0.4 is 4.74 Å². The molecule has 1 fully saturated rings. The van der Waals surface area contributed by atoms with Gasteiger partial charge in [-0.1, -0.05) is 29.3 Å². The number of rotatable bonds is 7. The maximum Gasteiger partial charge on any atom is 0.264 e. The lowest BCUT2D eigenvalue weighted by Crippen LogP contribution is -2.41. The smallest absolute Gasteiger partial charge is 0.264 e. The maximum atomic E-state index is 13.0. The Kier molecular flexibility index (Phi) is 5.53. The largest absolute Gasteiger partial charge is 0.481 e. The molecule has 150 valence electrons. The Morgan fingerprint density at radius 2 is 1.86 bits per heavy atom. The van der Waals surface area contributed by atoms with Crippen LogP contribution in [0.3, 0.4) is 0 Å². The van der Waals surface area contributed by atoms with Crippen molar-refractivity contribution in [3.63, 3.8) is 0 Å². The highest BCUT2D eigenvalue weighted by molar-refractivity contribution is 6.30. The lowest BCUT2D eigenvalue weighted by molar-refractivity contribution is -0.139. The number of benzene rings is 2. The van der Waals surface area contributed by atoms with Crippen LogP contribution in [0.15, 0.2) is 52.9 Å². The van der Waals surface area contributed by atoms with E-state index in [4.69, 9.17) is 20.8 Å². The van der Waals surface area contributed by atoms with Gasteiger partial charge >= 0.3 is 0 Å². The zero-order valence-electron chi connectivity index (χ0n) is 16.3. The minimum atomic E-state index is -0.600. The van der Waals surface area contributed by atoms with Crippen molar-refractivity contribution < 1.29 is 13.9 Å². The molecule has 1 aromatic heterocycles. The highest BCUT2D eigenvalue weighted by Gasteiger charge is 2.36. The predicted octanol–water partition coefficient (Wildman–Crippen LogP) is 4.66. The average Bonchev–Trinajstić information content (AvgIpc) is 3.46. The summed E-state index contributed by atoms with van der Waals surface area (Å²) in [5.41, 5.74) is 1.93. The van der Waals surface area contributed by atoms with Crippen molar-refractivity contribution >= 4 is 17.5 Å². The number of hydrogen-bond acceptors (Lipinski definition) is 5. The highest BCUT2D eigenvalue weighted by Crippen LogP contribution is 2.30. The molecule has 0 bridgehead atoms. The molecule has 2 aromatic carbocycles. The Balaban J connectivity index is 1.44. The van der Waals surface area contributed by atoms with Crippen molar-refractivity contribution in [1.29, 1.82) is 0 Å². The number of aromatic nitrogens is 2. The van der Waals surface area contributed by atoms with Gasteiger partial charge in [0.15, 0.2) is 6.10 Å². The summed E-state index contributed by atoms with van der Waals surface area (Å²) in [6.45, 7) is 4.05. The molecule has 4 rings (SSSR count). The average molecular weight is 412 g/mol. The normalized spacial score (nSPS) is 14.4. The number of carbonyl (C=O) groups excluding carboxylic acids is 1. The number of carbonyl (C=O) groups is 1. The second-order valence-corrected chi connectivity index (χ2v) is 7.71. The van der Waals surface area contributed by atoms with E-state index in [9.17, 15) is 4.79 Å². The van der Waals surface area contributed by atoms with Crippen LogP contribution in [-0.4, -0.2) is 33.2 Å². The predicted molar refractivity (Wildman–Crippen MR) is 110 cm³/mol. The van der Waals surface area contributed by atoms with E-state index in [2.05, 4.69) is 10.2 Å². The number of hydrogen-bond donors (Lipinski definition) is 0. The highest BCUT2D eigenvalue weighted by atomic mass is 35.5. The number of halogens is 1. The lowest BCUT2D eigenvalue weighted by atomic mass is 10.2. The number of aryl methyl sites for hydroxylation is 1. The van der Waals surface area contributed by atoms with Gasteiger partial charge in [-0.15, -0.1) is 10.2 Å². The molecule has 1 aliphatic carbocycles. The van der Waals surface area contributed by atoms with Crippen LogP contribution in [0.25, 0.3) is 11.5 Å². The summed E-state index contributed by atoms with van der Waals surface area (Å²) in [5, 5.41) is 8.86. The van der Waals surface area contributed by atoms with E-state index in [0.717, 1.165) is 24.0 Å². The van der Waals surface area contributed by atoms with E-state index >= 15 is 0 Å². The van der Waals surface area contributed by atoms with Crippen molar-refractivity contribution in [1.82, 2.24) is 15.1 Å². The van der Waals surface area contributed by atoms with Gasteiger partial charge in [0, 0.05) is 16.6 Å². The third-order valence-electron chi connectivity index (χ3n) is 4.82. The molecule has 1 aliphatic rings. The molecule has 0 N–H and O–H groups in total. The Bertz CT molecular complexity index is 981. The van der Waals surface area contributed by atoms with Crippen LogP contribution in [0, 0.1) is 6.92 Å². The van der Waals surface area contributed by atoms with Gasteiger partial charge in [0.25, 0.3) is 5.91 Å². The Labute approximate surface area is 174 Å². The standard InChI is InChI=1S/C22H22ClN3O3/c1-14-3-11-19(12-4-14)28-15(2)22(27)26(18-9-10-18)13-20-24-25-21(29-20)16-5-7-17(23)8-6-16/h3-8,11-12,15,18H,9-10,13H2,1-2H3/t15-/m1/s1. The first-order valence-corrected chi connectivity index (χ1v) is 9.99. The second-order valence-electron chi connectivity index (χ2n) is 7.28. The van der Waals surface area contributed by atoms with Crippen molar-refractivity contribution in [3.8, 4) is 17.2 Å². The minimum absolute atomic E-state index is 0.0840. The molecule has 1 amide bonds. The molecule has 1 saturated carbocycles. The van der Waals surface area contributed by atoms with E-state index in [0.29, 0.717) is 22.6 Å². The van der Waals surface area contributed by atoms with Crippen molar-refractivity contribution in [2.75, 3.05) is 0 Å². The zero-order valence-corrected chi connectivity index (χ0v) is 17.1. The van der Waals surface area contributed by atoms with Gasteiger partial charge in [-0.3, -0.25) is 4.79 Å². The first kappa shape index (κ1) is 19.5. The van der Waals surface area contributed by atoms with Crippen molar-refractivity contribution in [2.45, 2.75) is 45.4 Å². The Morgan fingerprint density at radius 1 is 1.17 bits per heavy atom. The third-order valence-corrected chi connectivity index (χ3v) is 5.07. The van der Waals surface area contributed by atoms with Crippen LogP contribution in [0.1, 0.15) is 31.2 Å². The van der Waals surface area contributed by atoms with E-state index in [1.165, 1.54) is 0 Å². The third kappa shape index (κ3) is 4.77. The van der Waals surface area contributed by atoms with Crippen molar-refractivity contribution in [3.05, 3.63) is 65.0 Å². The van der Waals surface area contributed by atoms with Crippen molar-refractivity contribution in [2.24, 2.45) is 0 Å². The molecule has 1 atom stereocenters. The topological polar surface area (TPSA) is 68.5 Å². The fourth-order valence-electron chi connectivity index (χ4n) is 3.05. The molecule has 1 heterocycles. The molecule has 0 radical (unpaired) electrons. The number of nitrogens with zero attached hydrogens (tertiary/aromatic N) is 3. The number of ether oxygens (including phenoxy) is 1. The molecule has 3 aromatic rings. The van der Waals surface area contributed by atoms with Crippen LogP contribution in [0.2, 0.25) is 5.02 Å². The fraction of sp³-hybridized carbons (Fsp3) is 0.318. The molecule has 0 aliphatic heterocycles. The first-order valence-electron chi connectivity index (χ1n) is 9.62. The van der Waals surface area contributed by atoms with Gasteiger partial charge in [0.2, 0.25) is 11.8 Å². The number of amides is 1. The van der Waals surface area contributed by atoms with E-state index in [-0.39, 0.29) is 18.5 Å².